The van der Waals surface area contributed by atoms with Crippen LogP contribution in [0.25, 0.3) is 10.9 Å². The third-order valence-corrected chi connectivity index (χ3v) is 2.17. The van der Waals surface area contributed by atoms with Crippen molar-refractivity contribution in [2.24, 2.45) is 0 Å². The van der Waals surface area contributed by atoms with Crippen LogP contribution in [0.5, 0.6) is 0 Å². The van der Waals surface area contributed by atoms with Gasteiger partial charge in [0.05, 0.1) is 0 Å². The number of nitrogens with zero attached hydrogens (tertiary/aromatic N) is 1. The van der Waals surface area contributed by atoms with Gasteiger partial charge in [-0.1, -0.05) is 0 Å². The second-order valence-corrected chi connectivity index (χ2v) is 3.16. The van der Waals surface area contributed by atoms with E-state index >= 15 is 0 Å². The van der Waals surface area contributed by atoms with Crippen LogP contribution in [0, 0.1) is 0 Å². The SMILES string of the molecule is Cl.SCCc1c[nH]c2ccncc12. The lowest BCUT2D eigenvalue weighted by atomic mass is 10.2. The van der Waals surface area contributed by atoms with Gasteiger partial charge in [-0.25, -0.2) is 0 Å². The molecule has 2 nitrogen and oxygen atoms in total. The summed E-state index contributed by atoms with van der Waals surface area (Å²) < 4.78 is 0. The third-order valence-electron chi connectivity index (χ3n) is 1.95. The molecule has 2 aromatic rings. The van der Waals surface area contributed by atoms with Crippen molar-refractivity contribution >= 4 is 35.9 Å². The summed E-state index contributed by atoms with van der Waals surface area (Å²) in [5.41, 5.74) is 2.45. The zero-order valence-electron chi connectivity index (χ0n) is 7.03. The number of H-pyrrole nitrogens is 1. The van der Waals surface area contributed by atoms with Gasteiger partial charge in [0.15, 0.2) is 0 Å². The monoisotopic (exact) mass is 214 g/mol. The summed E-state index contributed by atoms with van der Waals surface area (Å²) in [5.74, 6) is 0.877. The molecule has 13 heavy (non-hydrogen) atoms. The minimum absolute atomic E-state index is 0. The Morgan fingerprint density at radius 2 is 2.31 bits per heavy atom. The number of hydrogen-bond donors (Lipinski definition) is 2. The van der Waals surface area contributed by atoms with Gasteiger partial charge in [-0.3, -0.25) is 4.98 Å². The average Bonchev–Trinajstić information content (AvgIpc) is 2.50. The number of rotatable bonds is 2. The van der Waals surface area contributed by atoms with E-state index in [2.05, 4.69) is 22.6 Å². The van der Waals surface area contributed by atoms with Crippen LogP contribution in [0.2, 0.25) is 0 Å². The Bertz CT molecular complexity index is 386. The second-order valence-electron chi connectivity index (χ2n) is 2.71. The number of pyridine rings is 1. The number of halogens is 1. The minimum Gasteiger partial charge on any atom is -0.361 e. The number of thiol groups is 1. The van der Waals surface area contributed by atoms with Gasteiger partial charge in [-0.05, 0) is 23.8 Å². The fourth-order valence-corrected chi connectivity index (χ4v) is 1.59. The number of aryl methyl sites for hydroxylation is 1. The quantitative estimate of drug-likeness (QED) is 0.739. The van der Waals surface area contributed by atoms with E-state index in [-0.39, 0.29) is 12.4 Å². The van der Waals surface area contributed by atoms with Gasteiger partial charge in [0.25, 0.3) is 0 Å². The molecule has 0 fully saturated rings. The second kappa shape index (κ2) is 4.53. The summed E-state index contributed by atoms with van der Waals surface area (Å²) in [4.78, 5) is 7.28. The van der Waals surface area contributed by atoms with Crippen molar-refractivity contribution in [2.75, 3.05) is 5.75 Å². The van der Waals surface area contributed by atoms with Crippen LogP contribution < -0.4 is 0 Å². The van der Waals surface area contributed by atoms with Crippen molar-refractivity contribution in [2.45, 2.75) is 6.42 Å². The fraction of sp³-hybridized carbons (Fsp3) is 0.222. The predicted molar refractivity (Wildman–Crippen MR) is 60.9 cm³/mol. The molecule has 0 radical (unpaired) electrons. The summed E-state index contributed by atoms with van der Waals surface area (Å²) in [7, 11) is 0. The number of hydrogen-bond acceptors (Lipinski definition) is 2. The molecule has 0 bridgehead atoms. The molecule has 0 aliphatic carbocycles. The van der Waals surface area contributed by atoms with E-state index in [0.717, 1.165) is 17.7 Å². The van der Waals surface area contributed by atoms with Gasteiger partial charge in [0.2, 0.25) is 0 Å². The molecule has 0 saturated heterocycles. The number of aromatic amines is 1. The number of nitrogens with one attached hydrogen (secondary N) is 1. The van der Waals surface area contributed by atoms with Crippen molar-refractivity contribution in [1.82, 2.24) is 9.97 Å². The van der Waals surface area contributed by atoms with Crippen molar-refractivity contribution < 1.29 is 0 Å². The van der Waals surface area contributed by atoms with Crippen molar-refractivity contribution in [3.63, 3.8) is 0 Å². The van der Waals surface area contributed by atoms with E-state index in [0.29, 0.717) is 0 Å². The van der Waals surface area contributed by atoms with E-state index in [9.17, 15) is 0 Å². The first-order valence-electron chi connectivity index (χ1n) is 3.92. The topological polar surface area (TPSA) is 28.7 Å². The fourth-order valence-electron chi connectivity index (χ4n) is 1.35. The Hall–Kier alpha value is -0.670. The molecule has 70 valence electrons. The lowest BCUT2D eigenvalue weighted by Crippen LogP contribution is -1.82. The Morgan fingerprint density at radius 1 is 1.46 bits per heavy atom. The van der Waals surface area contributed by atoms with Crippen LogP contribution in [0.4, 0.5) is 0 Å². The Kier molecular flexibility index (Phi) is 3.63. The predicted octanol–water partition coefficient (Wildman–Crippen LogP) is 2.46. The smallest absolute Gasteiger partial charge is 0.0487 e. The van der Waals surface area contributed by atoms with Crippen molar-refractivity contribution in [1.29, 1.82) is 0 Å². The molecule has 0 amide bonds. The molecule has 0 spiro atoms. The van der Waals surface area contributed by atoms with Gasteiger partial charge in [0, 0.05) is 29.5 Å². The first-order chi connectivity index (χ1) is 5.92. The maximum Gasteiger partial charge on any atom is 0.0487 e. The van der Waals surface area contributed by atoms with Crippen molar-refractivity contribution in [3.05, 3.63) is 30.2 Å². The molecule has 2 aromatic heterocycles. The molecule has 1 N–H and O–H groups in total. The molecule has 0 aliphatic heterocycles. The molecule has 0 unspecified atom stereocenters. The molecule has 0 atom stereocenters. The van der Waals surface area contributed by atoms with Gasteiger partial charge >= 0.3 is 0 Å². The van der Waals surface area contributed by atoms with Crippen LogP contribution in [0.3, 0.4) is 0 Å². The van der Waals surface area contributed by atoms with Crippen molar-refractivity contribution in [3.8, 4) is 0 Å². The highest BCUT2D eigenvalue weighted by Gasteiger charge is 2.00. The highest BCUT2D eigenvalue weighted by Crippen LogP contribution is 2.16. The Balaban J connectivity index is 0.000000845. The number of aromatic nitrogens is 2. The highest BCUT2D eigenvalue weighted by molar-refractivity contribution is 7.80. The molecular formula is C9H11ClN2S. The van der Waals surface area contributed by atoms with Crippen LogP contribution in [-0.4, -0.2) is 15.7 Å². The van der Waals surface area contributed by atoms with E-state index in [4.69, 9.17) is 0 Å². The largest absolute Gasteiger partial charge is 0.361 e. The molecule has 0 saturated carbocycles. The first kappa shape index (κ1) is 10.4. The average molecular weight is 215 g/mol. The Morgan fingerprint density at radius 3 is 3.08 bits per heavy atom. The van der Waals surface area contributed by atoms with E-state index < -0.39 is 0 Å². The summed E-state index contributed by atoms with van der Waals surface area (Å²) in [6.07, 6.45) is 6.71. The van der Waals surface area contributed by atoms with Gasteiger partial charge in [-0.2, -0.15) is 12.6 Å². The minimum atomic E-state index is 0. The third kappa shape index (κ3) is 1.98. The molecule has 0 aromatic carbocycles. The van der Waals surface area contributed by atoms with Crippen LogP contribution in [0.1, 0.15) is 5.56 Å². The Labute approximate surface area is 88.6 Å². The zero-order chi connectivity index (χ0) is 8.39. The zero-order valence-corrected chi connectivity index (χ0v) is 8.74. The van der Waals surface area contributed by atoms with Crippen LogP contribution in [0.15, 0.2) is 24.7 Å². The lowest BCUT2D eigenvalue weighted by molar-refractivity contribution is 1.18. The van der Waals surface area contributed by atoms with E-state index in [1.54, 1.807) is 6.20 Å². The van der Waals surface area contributed by atoms with Crippen LogP contribution >= 0.6 is 25.0 Å². The molecule has 2 heterocycles. The molecule has 0 aliphatic rings. The maximum absolute atomic E-state index is 4.20. The van der Waals surface area contributed by atoms with Gasteiger partial charge < -0.3 is 4.98 Å². The first-order valence-corrected chi connectivity index (χ1v) is 4.56. The lowest BCUT2D eigenvalue weighted by Gasteiger charge is -1.92. The maximum atomic E-state index is 4.20. The molecular weight excluding hydrogens is 204 g/mol. The molecule has 4 heteroatoms. The van der Waals surface area contributed by atoms with E-state index in [1.165, 1.54) is 10.9 Å². The summed E-state index contributed by atoms with van der Waals surface area (Å²) in [5, 5.41) is 1.21. The summed E-state index contributed by atoms with van der Waals surface area (Å²) in [6, 6.07) is 1.98. The van der Waals surface area contributed by atoms with Gasteiger partial charge in [-0.15, -0.1) is 12.4 Å². The molecule has 2 rings (SSSR count). The van der Waals surface area contributed by atoms with E-state index in [1.807, 2.05) is 18.5 Å². The van der Waals surface area contributed by atoms with Gasteiger partial charge in [0.1, 0.15) is 0 Å². The highest BCUT2D eigenvalue weighted by atomic mass is 35.5. The van der Waals surface area contributed by atoms with Crippen LogP contribution in [-0.2, 0) is 6.42 Å². The summed E-state index contributed by atoms with van der Waals surface area (Å²) >= 11 is 4.20. The normalized spacial score (nSPS) is 9.92. The number of fused-ring (bicyclic) bond motifs is 1. The summed E-state index contributed by atoms with van der Waals surface area (Å²) in [6.45, 7) is 0. The standard InChI is InChI=1S/C9H10N2S.ClH/c12-4-2-7-5-11-9-1-3-10-6-8(7)9;/h1,3,5-6,11-12H,2,4H2;1H.